The zero-order valence-corrected chi connectivity index (χ0v) is 21.6. The van der Waals surface area contributed by atoms with E-state index in [1.807, 2.05) is 0 Å². The average Bonchev–Trinajstić information content (AvgIpc) is 3.29. The maximum atomic E-state index is 13.1. The molecule has 0 aromatic heterocycles. The molecule has 3 saturated heterocycles. The number of rotatable bonds is 7. The summed E-state index contributed by atoms with van der Waals surface area (Å²) in [5.74, 6) is -1.39. The van der Waals surface area contributed by atoms with Crippen molar-refractivity contribution in [2.24, 2.45) is 0 Å². The van der Waals surface area contributed by atoms with Gasteiger partial charge < -0.3 is 60.2 Å². The number of piperidine rings is 1. The molecule has 5 rings (SSSR count). The summed E-state index contributed by atoms with van der Waals surface area (Å²) < 4.78 is 16.7. The molecule has 5 unspecified atom stereocenters. The predicted molar refractivity (Wildman–Crippen MR) is 133 cm³/mol. The van der Waals surface area contributed by atoms with Crippen LogP contribution in [0.15, 0.2) is 18.2 Å². The maximum Gasteiger partial charge on any atom is 0.255 e. The Morgan fingerprint density at radius 2 is 1.66 bits per heavy atom. The van der Waals surface area contributed by atoms with E-state index >= 15 is 0 Å². The van der Waals surface area contributed by atoms with Gasteiger partial charge in [-0.2, -0.15) is 0 Å². The van der Waals surface area contributed by atoms with Crippen molar-refractivity contribution in [3.63, 3.8) is 0 Å². The van der Waals surface area contributed by atoms with Crippen LogP contribution in [0.3, 0.4) is 0 Å². The summed E-state index contributed by atoms with van der Waals surface area (Å²) in [6.45, 7) is -1.39. The lowest BCUT2D eigenvalue weighted by atomic mass is 9.96. The quantitative estimate of drug-likeness (QED) is 0.137. The van der Waals surface area contributed by atoms with Crippen LogP contribution in [0.5, 0.6) is 0 Å². The Morgan fingerprint density at radius 3 is 2.34 bits per heavy atom. The van der Waals surface area contributed by atoms with Crippen molar-refractivity contribution in [1.82, 2.24) is 10.2 Å². The van der Waals surface area contributed by atoms with Crippen molar-refractivity contribution in [2.45, 2.75) is 86.8 Å². The highest BCUT2D eigenvalue weighted by Gasteiger charge is 2.51. The molecule has 41 heavy (non-hydrogen) atoms. The Kier molecular flexibility index (Phi) is 8.58. The zero-order chi connectivity index (χ0) is 29.6. The van der Waals surface area contributed by atoms with E-state index in [1.165, 1.54) is 4.90 Å². The Balaban J connectivity index is 1.30. The second-order valence-electron chi connectivity index (χ2n) is 10.4. The third-order valence-corrected chi connectivity index (χ3v) is 7.88. The molecule has 0 spiro atoms. The highest BCUT2D eigenvalue weighted by molar-refractivity contribution is 6.06. The number of aliphatic hydroxyl groups is 7. The van der Waals surface area contributed by atoms with Crippen LogP contribution >= 0.6 is 0 Å². The lowest BCUT2D eigenvalue weighted by molar-refractivity contribution is -0.340. The van der Waals surface area contributed by atoms with Gasteiger partial charge in [-0.25, -0.2) is 0 Å². The van der Waals surface area contributed by atoms with Gasteiger partial charge in [0.15, 0.2) is 12.5 Å². The number of hydrogen-bond acceptors (Lipinski definition) is 14. The Labute approximate surface area is 233 Å². The average molecular weight is 584 g/mol. The summed E-state index contributed by atoms with van der Waals surface area (Å²) in [5.41, 5.74) is 1.15. The number of aliphatic hydroxyl groups excluding tert-OH is 7. The van der Waals surface area contributed by atoms with Crippen LogP contribution in [0.2, 0.25) is 0 Å². The van der Waals surface area contributed by atoms with Gasteiger partial charge >= 0.3 is 0 Å². The minimum atomic E-state index is -1.79. The molecule has 4 heterocycles. The first-order valence-electron chi connectivity index (χ1n) is 13.2. The number of anilines is 1. The van der Waals surface area contributed by atoms with Crippen LogP contribution in [-0.4, -0.2) is 139 Å². The minimum absolute atomic E-state index is 0.0290. The SMILES string of the molecule is O=C1CCC(N2Cc3c(N[C@@H]4OC(CO)[C@@H](O[C@@H]5OC(CO)[C@H](O)[C@H](O)C5O)C(O)[C@@H]4O)cccc3C2=O)C(=O)N1. The summed E-state index contributed by atoms with van der Waals surface area (Å²) in [6, 6.07) is 3.92. The molecule has 3 fully saturated rings. The largest absolute Gasteiger partial charge is 0.394 e. The van der Waals surface area contributed by atoms with E-state index in [1.54, 1.807) is 18.2 Å². The molecule has 3 amide bonds. The fraction of sp³-hybridized carbons (Fsp3) is 0.640. The predicted octanol–water partition coefficient (Wildman–Crippen LogP) is -4.52. The minimum Gasteiger partial charge on any atom is -0.394 e. The third-order valence-electron chi connectivity index (χ3n) is 7.88. The Hall–Kier alpha value is -2.77. The standard InChI is InChI=1S/C25H33N3O13/c29-7-13-16(32)17(33)20(36)25(40-13)41-21-14(8-30)39-23(19(35)18(21)34)26-11-3-1-2-9-10(11)6-28(24(9)38)12-4-5-15(31)27-22(12)37/h1-3,12-14,16-21,23,25-26,29-30,32-36H,4-8H2,(H,27,31,37)/t12?,13?,14?,16-,17-,18?,19-,20?,21+,23+,25-/m0/s1. The van der Waals surface area contributed by atoms with E-state index in [2.05, 4.69) is 10.6 Å². The molecule has 4 aliphatic rings. The molecule has 4 aliphatic heterocycles. The van der Waals surface area contributed by atoms with Gasteiger partial charge in [-0.05, 0) is 18.6 Å². The molecule has 11 atom stereocenters. The molecule has 16 heteroatoms. The van der Waals surface area contributed by atoms with Crippen LogP contribution in [0.25, 0.3) is 0 Å². The Morgan fingerprint density at radius 1 is 0.927 bits per heavy atom. The van der Waals surface area contributed by atoms with Crippen molar-refractivity contribution in [2.75, 3.05) is 18.5 Å². The monoisotopic (exact) mass is 583 g/mol. The number of ether oxygens (including phenoxy) is 3. The van der Waals surface area contributed by atoms with E-state index in [4.69, 9.17) is 14.2 Å². The number of carbonyl (C=O) groups is 3. The number of amides is 3. The summed E-state index contributed by atoms with van der Waals surface area (Å²) in [6.07, 6.45) is -15.3. The first-order chi connectivity index (χ1) is 19.5. The lowest BCUT2D eigenvalue weighted by Gasteiger charge is -2.46. The van der Waals surface area contributed by atoms with Crippen LogP contribution in [0.1, 0.15) is 28.8 Å². The molecule has 16 nitrogen and oxygen atoms in total. The van der Waals surface area contributed by atoms with E-state index in [-0.39, 0.29) is 19.4 Å². The molecular weight excluding hydrogens is 550 g/mol. The highest BCUT2D eigenvalue weighted by Crippen LogP contribution is 2.35. The van der Waals surface area contributed by atoms with Crippen LogP contribution in [0, 0.1) is 0 Å². The van der Waals surface area contributed by atoms with Crippen LogP contribution < -0.4 is 10.6 Å². The molecule has 226 valence electrons. The van der Waals surface area contributed by atoms with Crippen molar-refractivity contribution in [3.8, 4) is 0 Å². The lowest BCUT2D eigenvalue weighted by Crippen LogP contribution is -2.65. The molecule has 0 radical (unpaired) electrons. The normalized spacial score (nSPS) is 39.4. The zero-order valence-electron chi connectivity index (χ0n) is 21.6. The number of nitrogens with zero attached hydrogens (tertiary/aromatic N) is 1. The van der Waals surface area contributed by atoms with Crippen molar-refractivity contribution >= 4 is 23.4 Å². The topological polar surface area (TPSA) is 248 Å². The highest BCUT2D eigenvalue weighted by atomic mass is 16.7. The van der Waals surface area contributed by atoms with Crippen LogP contribution in [0.4, 0.5) is 5.69 Å². The van der Waals surface area contributed by atoms with Gasteiger partial charge in [-0.3, -0.25) is 19.7 Å². The number of benzene rings is 1. The second-order valence-corrected chi connectivity index (χ2v) is 10.4. The fourth-order valence-electron chi connectivity index (χ4n) is 5.58. The summed E-state index contributed by atoms with van der Waals surface area (Å²) >= 11 is 0. The van der Waals surface area contributed by atoms with Crippen LogP contribution in [-0.2, 0) is 30.3 Å². The Bertz CT molecular complexity index is 1170. The first kappa shape index (κ1) is 29.7. The molecular formula is C25H33N3O13. The summed E-state index contributed by atoms with van der Waals surface area (Å²) in [4.78, 5) is 38.4. The molecule has 0 bridgehead atoms. The summed E-state index contributed by atoms with van der Waals surface area (Å²) in [5, 5.41) is 76.6. The van der Waals surface area contributed by atoms with Gasteiger partial charge in [0.25, 0.3) is 5.91 Å². The number of imide groups is 1. The van der Waals surface area contributed by atoms with Crippen molar-refractivity contribution in [3.05, 3.63) is 29.3 Å². The van der Waals surface area contributed by atoms with Gasteiger partial charge in [0.2, 0.25) is 11.8 Å². The van der Waals surface area contributed by atoms with Gasteiger partial charge in [0.05, 0.1) is 13.2 Å². The molecule has 1 aromatic rings. The summed E-state index contributed by atoms with van der Waals surface area (Å²) in [7, 11) is 0. The fourth-order valence-corrected chi connectivity index (χ4v) is 5.58. The number of carbonyl (C=O) groups excluding carboxylic acids is 3. The second kappa shape index (κ2) is 11.8. The number of fused-ring (bicyclic) bond motifs is 1. The molecule has 1 aromatic carbocycles. The van der Waals surface area contributed by atoms with E-state index < -0.39 is 98.3 Å². The molecule has 0 saturated carbocycles. The van der Waals surface area contributed by atoms with Gasteiger partial charge in [0, 0.05) is 29.8 Å². The van der Waals surface area contributed by atoms with Gasteiger partial charge in [-0.1, -0.05) is 6.07 Å². The third kappa shape index (κ3) is 5.43. The molecule has 0 aliphatic carbocycles. The van der Waals surface area contributed by atoms with Gasteiger partial charge in [-0.15, -0.1) is 0 Å². The number of hydrogen-bond donors (Lipinski definition) is 9. The first-order valence-corrected chi connectivity index (χ1v) is 13.2. The van der Waals surface area contributed by atoms with Crippen molar-refractivity contribution < 1.29 is 64.3 Å². The van der Waals surface area contributed by atoms with Crippen molar-refractivity contribution in [1.29, 1.82) is 0 Å². The van der Waals surface area contributed by atoms with Gasteiger partial charge in [0.1, 0.15) is 54.9 Å². The number of nitrogens with one attached hydrogen (secondary N) is 2. The smallest absolute Gasteiger partial charge is 0.255 e. The van der Waals surface area contributed by atoms with E-state index in [0.717, 1.165) is 0 Å². The van der Waals surface area contributed by atoms with E-state index in [0.29, 0.717) is 16.8 Å². The molecule has 9 N–H and O–H groups in total. The maximum absolute atomic E-state index is 13.1. The van der Waals surface area contributed by atoms with E-state index in [9.17, 15) is 50.1 Å².